The molecule has 0 heterocycles. The van der Waals surface area contributed by atoms with Crippen LogP contribution in [0.4, 0.5) is 0 Å². The SMILES string of the molecule is C=CC1CC2CCC1(C)C2(C)C. The van der Waals surface area contributed by atoms with Gasteiger partial charge in [-0.25, -0.2) is 0 Å². The van der Waals surface area contributed by atoms with E-state index in [-0.39, 0.29) is 0 Å². The fourth-order valence-corrected chi connectivity index (χ4v) is 3.62. The van der Waals surface area contributed by atoms with E-state index in [1.807, 2.05) is 0 Å². The maximum Gasteiger partial charge on any atom is -0.0174 e. The molecule has 2 fully saturated rings. The van der Waals surface area contributed by atoms with Crippen molar-refractivity contribution in [3.05, 3.63) is 12.7 Å². The van der Waals surface area contributed by atoms with Crippen LogP contribution in [0.25, 0.3) is 0 Å². The molecule has 3 atom stereocenters. The van der Waals surface area contributed by atoms with Crippen molar-refractivity contribution in [2.45, 2.75) is 40.0 Å². The van der Waals surface area contributed by atoms with E-state index in [4.69, 9.17) is 0 Å². The van der Waals surface area contributed by atoms with E-state index in [1.54, 1.807) is 0 Å². The lowest BCUT2D eigenvalue weighted by molar-refractivity contribution is 0.124. The third-order valence-corrected chi connectivity index (χ3v) is 5.15. The number of allylic oxidation sites excluding steroid dienone is 1. The molecule has 2 aliphatic carbocycles. The minimum atomic E-state index is 0.555. The zero-order chi connectivity index (χ0) is 8.98. The second-order valence-electron chi connectivity index (χ2n) is 5.45. The van der Waals surface area contributed by atoms with Gasteiger partial charge in [0, 0.05) is 0 Å². The minimum Gasteiger partial charge on any atom is -0.103 e. The van der Waals surface area contributed by atoms with Gasteiger partial charge in [0.25, 0.3) is 0 Å². The predicted molar refractivity (Wildman–Crippen MR) is 52.9 cm³/mol. The Kier molecular flexibility index (Phi) is 1.50. The lowest BCUT2D eigenvalue weighted by atomic mass is 9.67. The normalized spacial score (nSPS) is 49.6. The molecule has 2 rings (SSSR count). The second-order valence-corrected chi connectivity index (χ2v) is 5.45. The summed E-state index contributed by atoms with van der Waals surface area (Å²) >= 11 is 0. The van der Waals surface area contributed by atoms with Gasteiger partial charge in [0.2, 0.25) is 0 Å². The Hall–Kier alpha value is -0.260. The standard InChI is InChI=1S/C12H20/c1-5-9-8-10-6-7-12(9,4)11(10,2)3/h5,9-10H,1,6-8H2,2-4H3. The van der Waals surface area contributed by atoms with Crippen LogP contribution >= 0.6 is 0 Å². The average molecular weight is 164 g/mol. The highest BCUT2D eigenvalue weighted by Gasteiger charge is 2.60. The van der Waals surface area contributed by atoms with Gasteiger partial charge in [-0.3, -0.25) is 0 Å². The molecule has 0 heteroatoms. The van der Waals surface area contributed by atoms with Gasteiger partial charge in [0.1, 0.15) is 0 Å². The molecule has 0 nitrogen and oxygen atoms in total. The van der Waals surface area contributed by atoms with Crippen LogP contribution in [0.15, 0.2) is 12.7 Å². The van der Waals surface area contributed by atoms with Crippen LogP contribution in [-0.2, 0) is 0 Å². The molecule has 68 valence electrons. The Bertz CT molecular complexity index is 214. The smallest absolute Gasteiger partial charge is 0.0174 e. The summed E-state index contributed by atoms with van der Waals surface area (Å²) < 4.78 is 0. The minimum absolute atomic E-state index is 0.555. The molecule has 0 aromatic carbocycles. The molecule has 0 N–H and O–H groups in total. The maximum absolute atomic E-state index is 3.97. The Labute approximate surface area is 76.1 Å². The largest absolute Gasteiger partial charge is 0.103 e. The monoisotopic (exact) mass is 164 g/mol. The van der Waals surface area contributed by atoms with Gasteiger partial charge < -0.3 is 0 Å². The molecule has 0 radical (unpaired) electrons. The fourth-order valence-electron chi connectivity index (χ4n) is 3.62. The quantitative estimate of drug-likeness (QED) is 0.519. The Morgan fingerprint density at radius 2 is 2.00 bits per heavy atom. The Balaban J connectivity index is 2.39. The predicted octanol–water partition coefficient (Wildman–Crippen LogP) is 3.63. The molecule has 2 saturated carbocycles. The summed E-state index contributed by atoms with van der Waals surface area (Å²) in [5, 5.41) is 0. The van der Waals surface area contributed by atoms with Crippen molar-refractivity contribution in [3.8, 4) is 0 Å². The molecule has 2 bridgehead atoms. The Morgan fingerprint density at radius 1 is 1.33 bits per heavy atom. The van der Waals surface area contributed by atoms with E-state index in [0.29, 0.717) is 10.8 Å². The van der Waals surface area contributed by atoms with Crippen molar-refractivity contribution in [1.82, 2.24) is 0 Å². The van der Waals surface area contributed by atoms with Crippen molar-refractivity contribution in [1.29, 1.82) is 0 Å². The number of fused-ring (bicyclic) bond motifs is 2. The van der Waals surface area contributed by atoms with Crippen LogP contribution in [-0.4, -0.2) is 0 Å². The topological polar surface area (TPSA) is 0 Å². The van der Waals surface area contributed by atoms with Crippen LogP contribution in [0.2, 0.25) is 0 Å². The zero-order valence-electron chi connectivity index (χ0n) is 8.56. The molecule has 0 aliphatic heterocycles. The first-order valence-electron chi connectivity index (χ1n) is 5.15. The lowest BCUT2D eigenvalue weighted by Crippen LogP contribution is -2.31. The summed E-state index contributed by atoms with van der Waals surface area (Å²) in [5.41, 5.74) is 1.12. The molecule has 3 unspecified atom stereocenters. The first-order chi connectivity index (χ1) is 5.52. The van der Waals surface area contributed by atoms with Crippen molar-refractivity contribution < 1.29 is 0 Å². The zero-order valence-corrected chi connectivity index (χ0v) is 8.56. The fraction of sp³-hybridized carbons (Fsp3) is 0.833. The molecule has 0 saturated heterocycles. The molecule has 2 aliphatic rings. The number of rotatable bonds is 1. The summed E-state index contributed by atoms with van der Waals surface area (Å²) in [6.45, 7) is 11.3. The Morgan fingerprint density at radius 3 is 2.25 bits per heavy atom. The molecule has 0 aromatic heterocycles. The molecule has 0 aromatic rings. The second kappa shape index (κ2) is 2.16. The highest BCUT2D eigenvalue weighted by Crippen LogP contribution is 2.68. The van der Waals surface area contributed by atoms with E-state index in [2.05, 4.69) is 33.4 Å². The third-order valence-electron chi connectivity index (χ3n) is 5.15. The van der Waals surface area contributed by atoms with E-state index < -0.39 is 0 Å². The van der Waals surface area contributed by atoms with Crippen molar-refractivity contribution in [2.24, 2.45) is 22.7 Å². The first-order valence-corrected chi connectivity index (χ1v) is 5.15. The summed E-state index contributed by atoms with van der Waals surface area (Å²) in [4.78, 5) is 0. The third kappa shape index (κ3) is 0.694. The van der Waals surface area contributed by atoms with Crippen LogP contribution in [0.3, 0.4) is 0 Å². The summed E-state index contributed by atoms with van der Waals surface area (Å²) in [7, 11) is 0. The van der Waals surface area contributed by atoms with Gasteiger partial charge in [-0.15, -0.1) is 6.58 Å². The summed E-state index contributed by atoms with van der Waals surface area (Å²) in [6, 6.07) is 0. The van der Waals surface area contributed by atoms with E-state index >= 15 is 0 Å². The first kappa shape index (κ1) is 8.34. The molecular formula is C12H20. The van der Waals surface area contributed by atoms with Gasteiger partial charge in [-0.1, -0.05) is 26.8 Å². The van der Waals surface area contributed by atoms with Crippen LogP contribution in [0.1, 0.15) is 40.0 Å². The van der Waals surface area contributed by atoms with Crippen molar-refractivity contribution >= 4 is 0 Å². The van der Waals surface area contributed by atoms with Gasteiger partial charge in [-0.2, -0.15) is 0 Å². The van der Waals surface area contributed by atoms with Gasteiger partial charge >= 0.3 is 0 Å². The molecule has 0 amide bonds. The van der Waals surface area contributed by atoms with Gasteiger partial charge in [0.15, 0.2) is 0 Å². The lowest BCUT2D eigenvalue weighted by Gasteiger charge is -2.38. The maximum atomic E-state index is 3.97. The number of hydrogen-bond acceptors (Lipinski definition) is 0. The highest BCUT2D eigenvalue weighted by atomic mass is 14.6. The van der Waals surface area contributed by atoms with E-state index in [9.17, 15) is 0 Å². The average Bonchev–Trinajstić information content (AvgIpc) is 2.34. The van der Waals surface area contributed by atoms with E-state index in [0.717, 1.165) is 11.8 Å². The van der Waals surface area contributed by atoms with Gasteiger partial charge in [0.05, 0.1) is 0 Å². The van der Waals surface area contributed by atoms with Crippen molar-refractivity contribution in [2.75, 3.05) is 0 Å². The van der Waals surface area contributed by atoms with Crippen LogP contribution in [0, 0.1) is 22.7 Å². The molecule has 12 heavy (non-hydrogen) atoms. The number of hydrogen-bond donors (Lipinski definition) is 0. The molecular weight excluding hydrogens is 144 g/mol. The van der Waals surface area contributed by atoms with Gasteiger partial charge in [-0.05, 0) is 41.9 Å². The van der Waals surface area contributed by atoms with Crippen molar-refractivity contribution in [3.63, 3.8) is 0 Å². The highest BCUT2D eigenvalue weighted by molar-refractivity contribution is 5.13. The molecule has 0 spiro atoms. The van der Waals surface area contributed by atoms with E-state index in [1.165, 1.54) is 19.3 Å². The van der Waals surface area contributed by atoms with Crippen LogP contribution in [0.5, 0.6) is 0 Å². The summed E-state index contributed by atoms with van der Waals surface area (Å²) in [5.74, 6) is 1.75. The summed E-state index contributed by atoms with van der Waals surface area (Å²) in [6.07, 6.45) is 6.46. The van der Waals surface area contributed by atoms with Crippen LogP contribution < -0.4 is 0 Å².